The van der Waals surface area contributed by atoms with Crippen molar-refractivity contribution in [1.82, 2.24) is 4.98 Å². The Hall–Kier alpha value is -3.44. The lowest BCUT2D eigenvalue weighted by molar-refractivity contribution is 0.324. The number of allylic oxidation sites excluding steroid dienone is 1. The lowest BCUT2D eigenvalue weighted by Crippen LogP contribution is -1.95. The number of nitrogens with zero attached hydrogens (tertiary/aromatic N) is 2. The number of halogens is 2. The van der Waals surface area contributed by atoms with Gasteiger partial charge in [0.05, 0.1) is 31.9 Å². The van der Waals surface area contributed by atoms with E-state index in [0.29, 0.717) is 66.2 Å². The van der Waals surface area contributed by atoms with Gasteiger partial charge in [-0.1, -0.05) is 23.2 Å². The third-order valence-corrected chi connectivity index (χ3v) is 6.35. The molecule has 0 atom stereocenters. The highest BCUT2D eigenvalue weighted by atomic mass is 35.5. The predicted octanol–water partition coefficient (Wildman–Crippen LogP) is 7.47. The molecule has 0 aliphatic heterocycles. The molecule has 2 heterocycles. The van der Waals surface area contributed by atoms with Crippen LogP contribution in [0.1, 0.15) is 10.6 Å². The van der Waals surface area contributed by atoms with E-state index in [-0.39, 0.29) is 0 Å². The summed E-state index contributed by atoms with van der Waals surface area (Å²) in [5.41, 5.74) is 2.39. The van der Waals surface area contributed by atoms with E-state index in [0.717, 1.165) is 0 Å². The molecule has 9 heteroatoms. The molecule has 0 saturated carbocycles. The molecule has 2 aromatic heterocycles. The van der Waals surface area contributed by atoms with Gasteiger partial charge in [0.25, 0.3) is 0 Å². The van der Waals surface area contributed by atoms with Gasteiger partial charge in [0.2, 0.25) is 5.75 Å². The Morgan fingerprint density at radius 2 is 1.71 bits per heavy atom. The fraction of sp³-hybridized carbons (Fsp3) is 0.120. The van der Waals surface area contributed by atoms with Crippen molar-refractivity contribution in [3.8, 4) is 46.1 Å². The van der Waals surface area contributed by atoms with Gasteiger partial charge in [-0.05, 0) is 54.1 Å². The monoisotopic (exact) mass is 512 g/mol. The van der Waals surface area contributed by atoms with E-state index in [2.05, 4.69) is 11.1 Å². The van der Waals surface area contributed by atoms with Crippen LogP contribution in [-0.4, -0.2) is 26.3 Å². The first-order chi connectivity index (χ1) is 16.5. The van der Waals surface area contributed by atoms with E-state index < -0.39 is 0 Å². The van der Waals surface area contributed by atoms with Gasteiger partial charge >= 0.3 is 0 Å². The van der Waals surface area contributed by atoms with Gasteiger partial charge < -0.3 is 18.6 Å². The summed E-state index contributed by atoms with van der Waals surface area (Å²) in [6.45, 7) is 0. The minimum absolute atomic E-state index is 0.384. The topological polar surface area (TPSA) is 77.5 Å². The van der Waals surface area contributed by atoms with E-state index in [1.54, 1.807) is 42.5 Å². The quantitative estimate of drug-likeness (QED) is 0.239. The second kappa shape index (κ2) is 10.2. The maximum Gasteiger partial charge on any atom is 0.203 e. The number of aromatic nitrogens is 1. The molecule has 0 bridgehead atoms. The van der Waals surface area contributed by atoms with E-state index in [1.165, 1.54) is 32.7 Å². The third-order valence-electron chi connectivity index (χ3n) is 4.91. The molecule has 0 saturated heterocycles. The van der Waals surface area contributed by atoms with Gasteiger partial charge in [-0.15, -0.1) is 11.3 Å². The summed E-state index contributed by atoms with van der Waals surface area (Å²) in [5, 5.41) is 13.3. The second-order valence-electron chi connectivity index (χ2n) is 6.95. The smallest absolute Gasteiger partial charge is 0.203 e. The van der Waals surface area contributed by atoms with E-state index in [1.807, 2.05) is 11.4 Å². The third kappa shape index (κ3) is 4.75. The van der Waals surface area contributed by atoms with Crippen LogP contribution in [0.25, 0.3) is 34.4 Å². The Morgan fingerprint density at radius 3 is 2.35 bits per heavy atom. The van der Waals surface area contributed by atoms with Crippen molar-refractivity contribution >= 4 is 46.2 Å². The van der Waals surface area contributed by atoms with Crippen molar-refractivity contribution in [2.45, 2.75) is 0 Å². The predicted molar refractivity (Wildman–Crippen MR) is 135 cm³/mol. The van der Waals surface area contributed by atoms with Gasteiger partial charge in [-0.2, -0.15) is 5.26 Å². The first-order valence-corrected chi connectivity index (χ1v) is 11.5. The van der Waals surface area contributed by atoms with E-state index in [4.69, 9.17) is 41.8 Å². The summed E-state index contributed by atoms with van der Waals surface area (Å²) in [5.74, 6) is 2.59. The zero-order valence-electron chi connectivity index (χ0n) is 18.4. The van der Waals surface area contributed by atoms with Crippen molar-refractivity contribution in [3.05, 3.63) is 68.5 Å². The van der Waals surface area contributed by atoms with Crippen LogP contribution < -0.4 is 14.2 Å². The van der Waals surface area contributed by atoms with Gasteiger partial charge in [0.1, 0.15) is 22.5 Å². The van der Waals surface area contributed by atoms with Crippen LogP contribution in [0.2, 0.25) is 10.0 Å². The number of nitriles is 1. The average Bonchev–Trinajstić information content (AvgIpc) is 3.53. The molecule has 0 radical (unpaired) electrons. The molecule has 0 spiro atoms. The summed E-state index contributed by atoms with van der Waals surface area (Å²) < 4.78 is 22.1. The number of benzene rings is 2. The van der Waals surface area contributed by atoms with Crippen molar-refractivity contribution in [2.24, 2.45) is 0 Å². The van der Waals surface area contributed by atoms with Crippen LogP contribution in [0, 0.1) is 11.3 Å². The summed E-state index contributed by atoms with van der Waals surface area (Å²) in [7, 11) is 4.61. The Balaban J connectivity index is 1.67. The highest BCUT2D eigenvalue weighted by Gasteiger charge is 2.16. The zero-order valence-corrected chi connectivity index (χ0v) is 20.7. The molecule has 4 aromatic rings. The molecular formula is C25H18Cl2N2O4S. The normalized spacial score (nSPS) is 11.2. The standard InChI is InChI=1S/C25H18Cl2N2O4S/c1-30-22-9-14(10-23(31-2)24(22)32-3)8-15(12-28)25-29-19(13-34-25)21-7-6-20(33-21)17-11-16(26)4-5-18(17)27/h4-11,13H,1-3H3/b15-8+. The zero-order chi connectivity index (χ0) is 24.2. The van der Waals surface area contributed by atoms with E-state index in [9.17, 15) is 5.26 Å². The number of ether oxygens (including phenoxy) is 3. The molecule has 0 N–H and O–H groups in total. The Bertz CT molecular complexity index is 1390. The number of hydrogen-bond acceptors (Lipinski definition) is 7. The maximum absolute atomic E-state index is 9.79. The van der Waals surface area contributed by atoms with Crippen molar-refractivity contribution in [3.63, 3.8) is 0 Å². The summed E-state index contributed by atoms with van der Waals surface area (Å²) in [6.07, 6.45) is 1.71. The van der Waals surface area contributed by atoms with E-state index >= 15 is 0 Å². The molecule has 172 valence electrons. The van der Waals surface area contributed by atoms with Crippen LogP contribution in [0.3, 0.4) is 0 Å². The number of furan rings is 1. The minimum Gasteiger partial charge on any atom is -0.493 e. The van der Waals surface area contributed by atoms with Gasteiger partial charge in [0, 0.05) is 16.0 Å². The molecule has 0 fully saturated rings. The summed E-state index contributed by atoms with van der Waals surface area (Å²) >= 11 is 13.7. The maximum atomic E-state index is 9.79. The fourth-order valence-electron chi connectivity index (χ4n) is 3.31. The molecule has 6 nitrogen and oxygen atoms in total. The van der Waals surface area contributed by atoms with Crippen molar-refractivity contribution < 1.29 is 18.6 Å². The first-order valence-electron chi connectivity index (χ1n) is 9.90. The average molecular weight is 513 g/mol. The summed E-state index contributed by atoms with van der Waals surface area (Å²) in [4.78, 5) is 4.60. The van der Waals surface area contributed by atoms with Crippen molar-refractivity contribution in [1.29, 1.82) is 5.26 Å². The molecule has 0 aliphatic rings. The number of methoxy groups -OCH3 is 3. The number of rotatable bonds is 7. The molecule has 2 aromatic carbocycles. The molecule has 0 aliphatic carbocycles. The summed E-state index contributed by atoms with van der Waals surface area (Å²) in [6, 6.07) is 14.5. The van der Waals surface area contributed by atoms with Gasteiger partial charge in [0.15, 0.2) is 17.3 Å². The fourth-order valence-corrected chi connectivity index (χ4v) is 4.47. The lowest BCUT2D eigenvalue weighted by atomic mass is 10.1. The Kier molecular flexibility index (Phi) is 7.13. The highest BCUT2D eigenvalue weighted by Crippen LogP contribution is 2.40. The Labute approximate surface area is 210 Å². The molecule has 34 heavy (non-hydrogen) atoms. The number of hydrogen-bond donors (Lipinski definition) is 0. The van der Waals surface area contributed by atoms with Crippen LogP contribution in [-0.2, 0) is 0 Å². The highest BCUT2D eigenvalue weighted by molar-refractivity contribution is 7.11. The molecular weight excluding hydrogens is 495 g/mol. The number of thiazole rings is 1. The second-order valence-corrected chi connectivity index (χ2v) is 8.66. The van der Waals surface area contributed by atoms with Crippen LogP contribution in [0.5, 0.6) is 17.2 Å². The van der Waals surface area contributed by atoms with Crippen LogP contribution in [0.4, 0.5) is 0 Å². The Morgan fingerprint density at radius 1 is 1.00 bits per heavy atom. The van der Waals surface area contributed by atoms with Crippen LogP contribution in [0.15, 0.2) is 52.3 Å². The first kappa shape index (κ1) is 23.7. The van der Waals surface area contributed by atoms with Gasteiger partial charge in [-0.25, -0.2) is 4.98 Å². The largest absolute Gasteiger partial charge is 0.493 e. The molecule has 0 amide bonds. The van der Waals surface area contributed by atoms with Crippen LogP contribution >= 0.6 is 34.5 Å². The van der Waals surface area contributed by atoms with Crippen molar-refractivity contribution in [2.75, 3.05) is 21.3 Å². The SMILES string of the molecule is COc1cc(/C=C(\C#N)c2nc(-c3ccc(-c4cc(Cl)ccc4Cl)o3)cs2)cc(OC)c1OC. The lowest BCUT2D eigenvalue weighted by Gasteiger charge is -2.13. The molecule has 4 rings (SSSR count). The minimum atomic E-state index is 0.384. The molecule has 0 unspecified atom stereocenters. The van der Waals surface area contributed by atoms with Gasteiger partial charge in [-0.3, -0.25) is 0 Å².